The van der Waals surface area contributed by atoms with Crippen LogP contribution in [0.2, 0.25) is 0 Å². The molecule has 4 N–H and O–H groups in total. The lowest BCUT2D eigenvalue weighted by atomic mass is 9.92. The Bertz CT molecular complexity index is 513. The Labute approximate surface area is 114 Å². The first-order valence-electron chi connectivity index (χ1n) is 5.43. The Morgan fingerprint density at radius 2 is 1.94 bits per heavy atom. The summed E-state index contributed by atoms with van der Waals surface area (Å²) in [6.45, 7) is 0. The molecule has 1 heterocycles. The highest BCUT2D eigenvalue weighted by molar-refractivity contribution is 8.01. The summed E-state index contributed by atoms with van der Waals surface area (Å²) in [6, 6.07) is 13.2. The first kappa shape index (κ1) is 13.1. The lowest BCUT2D eigenvalue weighted by Crippen LogP contribution is -2.51. The summed E-state index contributed by atoms with van der Waals surface area (Å²) in [6.07, 6.45) is 0. The number of rotatable bonds is 5. The number of benzene rings is 1. The second-order valence-electron chi connectivity index (χ2n) is 3.92. The monoisotopic (exact) mass is 278 g/mol. The van der Waals surface area contributed by atoms with Crippen LogP contribution in [-0.4, -0.2) is 11.7 Å². The van der Waals surface area contributed by atoms with Gasteiger partial charge in [-0.05, 0) is 17.0 Å². The van der Waals surface area contributed by atoms with E-state index in [1.165, 1.54) is 0 Å². The third-order valence-electron chi connectivity index (χ3n) is 2.67. The molecule has 0 spiro atoms. The van der Waals surface area contributed by atoms with Gasteiger partial charge in [-0.3, -0.25) is 4.79 Å². The van der Waals surface area contributed by atoms with Gasteiger partial charge in [0.1, 0.15) is 5.54 Å². The van der Waals surface area contributed by atoms with E-state index in [-0.39, 0.29) is 0 Å². The van der Waals surface area contributed by atoms with Crippen molar-refractivity contribution in [3.8, 4) is 0 Å². The van der Waals surface area contributed by atoms with E-state index < -0.39 is 11.4 Å². The average molecular weight is 278 g/mol. The zero-order chi connectivity index (χ0) is 13.0. The van der Waals surface area contributed by atoms with Crippen molar-refractivity contribution in [3.05, 3.63) is 53.4 Å². The van der Waals surface area contributed by atoms with Gasteiger partial charge in [-0.2, -0.15) is 0 Å². The molecule has 2 rings (SSSR count). The van der Waals surface area contributed by atoms with E-state index in [0.29, 0.717) is 5.75 Å². The second kappa shape index (κ2) is 5.56. The molecule has 1 amide bonds. The van der Waals surface area contributed by atoms with Gasteiger partial charge >= 0.3 is 0 Å². The van der Waals surface area contributed by atoms with Crippen LogP contribution in [0.25, 0.3) is 0 Å². The van der Waals surface area contributed by atoms with Crippen molar-refractivity contribution in [2.24, 2.45) is 11.5 Å². The van der Waals surface area contributed by atoms with Gasteiger partial charge in [-0.1, -0.05) is 36.4 Å². The van der Waals surface area contributed by atoms with Crippen LogP contribution in [0.3, 0.4) is 0 Å². The molecule has 1 unspecified atom stereocenters. The van der Waals surface area contributed by atoms with Crippen LogP contribution < -0.4 is 11.5 Å². The highest BCUT2D eigenvalue weighted by Gasteiger charge is 2.34. The highest BCUT2D eigenvalue weighted by Crippen LogP contribution is 2.30. The Balaban J connectivity index is 2.20. The van der Waals surface area contributed by atoms with Gasteiger partial charge in [0, 0.05) is 5.75 Å². The molecular formula is C13H14N2OS2. The van der Waals surface area contributed by atoms with Crippen molar-refractivity contribution in [2.75, 3.05) is 5.75 Å². The average Bonchev–Trinajstić information content (AvgIpc) is 2.90. The summed E-state index contributed by atoms with van der Waals surface area (Å²) in [7, 11) is 0. The van der Waals surface area contributed by atoms with Crippen molar-refractivity contribution in [1.29, 1.82) is 0 Å². The fraction of sp³-hybridized carbons (Fsp3) is 0.154. The van der Waals surface area contributed by atoms with E-state index in [1.54, 1.807) is 23.1 Å². The fourth-order valence-corrected chi connectivity index (χ4v) is 3.48. The van der Waals surface area contributed by atoms with Gasteiger partial charge in [-0.15, -0.1) is 23.1 Å². The molecule has 18 heavy (non-hydrogen) atoms. The quantitative estimate of drug-likeness (QED) is 0.824. The SMILES string of the molecule is NC(=O)C(N)(CSc1cccs1)c1ccccc1. The molecule has 0 bridgehead atoms. The second-order valence-corrected chi connectivity index (χ2v) is 6.15. The van der Waals surface area contributed by atoms with E-state index in [1.807, 2.05) is 47.8 Å². The van der Waals surface area contributed by atoms with Crippen molar-refractivity contribution in [1.82, 2.24) is 0 Å². The first-order valence-corrected chi connectivity index (χ1v) is 7.30. The maximum Gasteiger partial charge on any atom is 0.243 e. The molecule has 0 aliphatic carbocycles. The van der Waals surface area contributed by atoms with Crippen molar-refractivity contribution < 1.29 is 4.79 Å². The molecule has 0 radical (unpaired) electrons. The lowest BCUT2D eigenvalue weighted by molar-refractivity contribution is -0.122. The van der Waals surface area contributed by atoms with Gasteiger partial charge in [-0.25, -0.2) is 0 Å². The zero-order valence-corrected chi connectivity index (χ0v) is 11.3. The normalized spacial score (nSPS) is 14.1. The number of amides is 1. The van der Waals surface area contributed by atoms with E-state index in [0.717, 1.165) is 9.77 Å². The summed E-state index contributed by atoms with van der Waals surface area (Å²) < 4.78 is 1.13. The zero-order valence-electron chi connectivity index (χ0n) is 9.71. The number of nitrogens with two attached hydrogens (primary N) is 2. The van der Waals surface area contributed by atoms with Gasteiger partial charge < -0.3 is 11.5 Å². The molecule has 5 heteroatoms. The summed E-state index contributed by atoms with van der Waals surface area (Å²) >= 11 is 3.18. The third-order valence-corrected chi connectivity index (χ3v) is 4.99. The van der Waals surface area contributed by atoms with Gasteiger partial charge in [0.05, 0.1) is 4.21 Å². The molecule has 0 aliphatic rings. The summed E-state index contributed by atoms with van der Waals surface area (Å²) in [4.78, 5) is 11.7. The molecule has 2 aromatic rings. The molecule has 1 aromatic heterocycles. The molecule has 0 aliphatic heterocycles. The first-order chi connectivity index (χ1) is 8.63. The van der Waals surface area contributed by atoms with Crippen LogP contribution in [0, 0.1) is 0 Å². The minimum Gasteiger partial charge on any atom is -0.368 e. The molecule has 0 fully saturated rings. The van der Waals surface area contributed by atoms with Gasteiger partial charge in [0.25, 0.3) is 0 Å². The topological polar surface area (TPSA) is 69.1 Å². The standard InChI is InChI=1S/C13H14N2OS2/c14-12(16)13(15,10-5-2-1-3-6-10)9-18-11-7-4-8-17-11/h1-8H,9,15H2,(H2,14,16). The maximum absolute atomic E-state index is 11.7. The lowest BCUT2D eigenvalue weighted by Gasteiger charge is -2.25. The van der Waals surface area contributed by atoms with Gasteiger partial charge in [0.15, 0.2) is 0 Å². The molecule has 3 nitrogen and oxygen atoms in total. The maximum atomic E-state index is 11.7. The summed E-state index contributed by atoms with van der Waals surface area (Å²) in [5, 5.41) is 1.99. The molecule has 0 saturated carbocycles. The van der Waals surface area contributed by atoms with Crippen LogP contribution in [0.4, 0.5) is 0 Å². The predicted octanol–water partition coefficient (Wildman–Crippen LogP) is 2.18. The summed E-state index contributed by atoms with van der Waals surface area (Å²) in [5.74, 6) is -0.0647. The predicted molar refractivity (Wildman–Crippen MR) is 76.5 cm³/mol. The van der Waals surface area contributed by atoms with E-state index in [4.69, 9.17) is 11.5 Å². The smallest absolute Gasteiger partial charge is 0.243 e. The van der Waals surface area contributed by atoms with Crippen LogP contribution in [0.1, 0.15) is 5.56 Å². The number of carbonyl (C=O) groups excluding carboxylic acids is 1. The highest BCUT2D eigenvalue weighted by atomic mass is 32.2. The van der Waals surface area contributed by atoms with Crippen LogP contribution in [-0.2, 0) is 10.3 Å². The van der Waals surface area contributed by atoms with Crippen LogP contribution >= 0.6 is 23.1 Å². The molecule has 1 atom stereocenters. The number of carbonyl (C=O) groups is 1. The minimum atomic E-state index is -1.13. The largest absolute Gasteiger partial charge is 0.368 e. The van der Waals surface area contributed by atoms with E-state index in [9.17, 15) is 4.79 Å². The fourth-order valence-electron chi connectivity index (χ4n) is 1.56. The Kier molecular flexibility index (Phi) is 4.06. The van der Waals surface area contributed by atoms with E-state index in [2.05, 4.69) is 0 Å². The number of thioether (sulfide) groups is 1. The minimum absolute atomic E-state index is 0.437. The summed E-state index contributed by atoms with van der Waals surface area (Å²) in [5.41, 5.74) is 11.3. The van der Waals surface area contributed by atoms with Crippen molar-refractivity contribution in [2.45, 2.75) is 9.75 Å². The number of hydrogen-bond donors (Lipinski definition) is 2. The van der Waals surface area contributed by atoms with Gasteiger partial charge in [0.2, 0.25) is 5.91 Å². The molecular weight excluding hydrogens is 264 g/mol. The van der Waals surface area contributed by atoms with Crippen molar-refractivity contribution >= 4 is 29.0 Å². The number of hydrogen-bond acceptors (Lipinski definition) is 4. The Morgan fingerprint density at radius 1 is 1.22 bits per heavy atom. The number of thiophene rings is 1. The van der Waals surface area contributed by atoms with Crippen LogP contribution in [0.5, 0.6) is 0 Å². The number of primary amides is 1. The third kappa shape index (κ3) is 2.75. The van der Waals surface area contributed by atoms with E-state index >= 15 is 0 Å². The Morgan fingerprint density at radius 3 is 2.50 bits per heavy atom. The Hall–Kier alpha value is -1.30. The van der Waals surface area contributed by atoms with Crippen LogP contribution in [0.15, 0.2) is 52.1 Å². The van der Waals surface area contributed by atoms with Crippen molar-refractivity contribution in [3.63, 3.8) is 0 Å². The molecule has 94 valence electrons. The molecule has 1 aromatic carbocycles. The molecule has 0 saturated heterocycles.